The summed E-state index contributed by atoms with van der Waals surface area (Å²) < 4.78 is 5.00. The molecule has 0 spiro atoms. The molecule has 4 rings (SSSR count). The Morgan fingerprint density at radius 1 is 1.12 bits per heavy atom. The average Bonchev–Trinajstić information content (AvgIpc) is 2.95. The molecular formula is C22H19NO3. The lowest BCUT2D eigenvalue weighted by atomic mass is 9.94. The molecule has 1 heterocycles. The van der Waals surface area contributed by atoms with Gasteiger partial charge in [0.2, 0.25) is 0 Å². The van der Waals surface area contributed by atoms with Crippen LogP contribution in [-0.2, 0) is 17.8 Å². The zero-order valence-electron chi connectivity index (χ0n) is 14.8. The quantitative estimate of drug-likeness (QED) is 0.672. The number of amides is 1. The first-order chi connectivity index (χ1) is 12.6. The molecule has 26 heavy (non-hydrogen) atoms. The zero-order chi connectivity index (χ0) is 18.3. The Kier molecular flexibility index (Phi) is 3.96. The van der Waals surface area contributed by atoms with E-state index in [9.17, 15) is 9.59 Å². The van der Waals surface area contributed by atoms with E-state index in [1.165, 1.54) is 7.11 Å². The third-order valence-corrected chi connectivity index (χ3v) is 4.85. The van der Waals surface area contributed by atoms with Crippen molar-refractivity contribution in [2.24, 2.45) is 0 Å². The number of hydrogen-bond donors (Lipinski definition) is 0. The average molecular weight is 345 g/mol. The maximum absolute atomic E-state index is 13.1. The predicted octanol–water partition coefficient (Wildman–Crippen LogP) is 4.09. The fourth-order valence-electron chi connectivity index (χ4n) is 3.62. The van der Waals surface area contributed by atoms with Crippen LogP contribution >= 0.6 is 0 Å². The molecule has 0 atom stereocenters. The standard InChI is InChI=1S/C22H19NO3/c1-14-8-9-16-11-17-13-23(12-15-6-4-3-5-7-15)21(24)19(17)20(18(16)10-14)22(25)26-2/h3-11H,12-13H2,1-2H3. The van der Waals surface area contributed by atoms with Crippen LogP contribution in [0.3, 0.4) is 0 Å². The number of carbonyl (C=O) groups is 2. The fraction of sp³-hybridized carbons (Fsp3) is 0.182. The normalized spacial score (nSPS) is 13.2. The van der Waals surface area contributed by atoms with Gasteiger partial charge in [0.05, 0.1) is 18.2 Å². The van der Waals surface area contributed by atoms with Crippen molar-refractivity contribution in [2.45, 2.75) is 20.0 Å². The summed E-state index contributed by atoms with van der Waals surface area (Å²) in [7, 11) is 1.35. The highest BCUT2D eigenvalue weighted by Gasteiger charge is 2.34. The van der Waals surface area contributed by atoms with Crippen molar-refractivity contribution in [1.82, 2.24) is 4.90 Å². The molecule has 0 saturated heterocycles. The summed E-state index contributed by atoms with van der Waals surface area (Å²) in [5.74, 6) is -0.583. The Morgan fingerprint density at radius 3 is 2.62 bits per heavy atom. The van der Waals surface area contributed by atoms with Crippen LogP contribution in [0, 0.1) is 6.92 Å². The summed E-state index contributed by atoms with van der Waals surface area (Å²) in [4.78, 5) is 27.4. The smallest absolute Gasteiger partial charge is 0.339 e. The summed E-state index contributed by atoms with van der Waals surface area (Å²) in [6.45, 7) is 2.98. The molecule has 0 aromatic heterocycles. The summed E-state index contributed by atoms with van der Waals surface area (Å²) in [5, 5.41) is 1.72. The van der Waals surface area contributed by atoms with Gasteiger partial charge in [-0.1, -0.05) is 54.1 Å². The second-order valence-electron chi connectivity index (χ2n) is 6.65. The minimum absolute atomic E-state index is 0.118. The first-order valence-electron chi connectivity index (χ1n) is 8.56. The molecule has 1 amide bonds. The zero-order valence-corrected chi connectivity index (χ0v) is 14.8. The molecule has 0 aliphatic carbocycles. The van der Waals surface area contributed by atoms with Crippen LogP contribution < -0.4 is 0 Å². The van der Waals surface area contributed by atoms with Crippen molar-refractivity contribution in [3.63, 3.8) is 0 Å². The largest absolute Gasteiger partial charge is 0.465 e. The van der Waals surface area contributed by atoms with Gasteiger partial charge in [-0.2, -0.15) is 0 Å². The number of hydrogen-bond acceptors (Lipinski definition) is 3. The van der Waals surface area contributed by atoms with E-state index in [0.717, 1.165) is 27.5 Å². The first-order valence-corrected chi connectivity index (χ1v) is 8.56. The summed E-state index contributed by atoms with van der Waals surface area (Å²) in [6.07, 6.45) is 0. The van der Waals surface area contributed by atoms with Gasteiger partial charge in [-0.3, -0.25) is 4.79 Å². The van der Waals surface area contributed by atoms with Gasteiger partial charge < -0.3 is 9.64 Å². The molecule has 4 heteroatoms. The van der Waals surface area contributed by atoms with Crippen LogP contribution in [-0.4, -0.2) is 23.9 Å². The molecule has 1 aliphatic heterocycles. The summed E-state index contributed by atoms with van der Waals surface area (Å²) in [6, 6.07) is 17.8. The first kappa shape index (κ1) is 16.3. The molecule has 3 aromatic carbocycles. The van der Waals surface area contributed by atoms with Gasteiger partial charge in [0.25, 0.3) is 5.91 Å². The van der Waals surface area contributed by atoms with Crippen LogP contribution in [0.4, 0.5) is 0 Å². The van der Waals surface area contributed by atoms with Gasteiger partial charge in [0.1, 0.15) is 0 Å². The van der Waals surface area contributed by atoms with Crippen molar-refractivity contribution in [3.05, 3.63) is 82.4 Å². The van der Waals surface area contributed by atoms with Crippen LogP contribution in [0.15, 0.2) is 54.6 Å². The number of methoxy groups -OCH3 is 1. The molecule has 0 bridgehead atoms. The van der Waals surface area contributed by atoms with Gasteiger partial charge >= 0.3 is 5.97 Å². The molecule has 0 N–H and O–H groups in total. The van der Waals surface area contributed by atoms with E-state index in [1.807, 2.05) is 61.5 Å². The maximum atomic E-state index is 13.1. The highest BCUT2D eigenvalue weighted by molar-refractivity contribution is 6.16. The Bertz CT molecular complexity index is 1020. The highest BCUT2D eigenvalue weighted by Crippen LogP contribution is 2.34. The molecule has 4 nitrogen and oxygen atoms in total. The number of carbonyl (C=O) groups excluding carboxylic acids is 2. The Balaban J connectivity index is 1.84. The number of nitrogens with zero attached hydrogens (tertiary/aromatic N) is 1. The van der Waals surface area contributed by atoms with Gasteiger partial charge in [-0.15, -0.1) is 0 Å². The molecule has 0 unspecified atom stereocenters. The third kappa shape index (κ3) is 2.64. The lowest BCUT2D eigenvalue weighted by Crippen LogP contribution is -2.24. The van der Waals surface area contributed by atoms with Crippen LogP contribution in [0.2, 0.25) is 0 Å². The van der Waals surface area contributed by atoms with E-state index >= 15 is 0 Å². The van der Waals surface area contributed by atoms with Crippen molar-refractivity contribution in [2.75, 3.05) is 7.11 Å². The number of ether oxygens (including phenoxy) is 1. The van der Waals surface area contributed by atoms with E-state index in [2.05, 4.69) is 0 Å². The third-order valence-electron chi connectivity index (χ3n) is 4.85. The van der Waals surface area contributed by atoms with E-state index in [0.29, 0.717) is 24.2 Å². The minimum Gasteiger partial charge on any atom is -0.465 e. The molecule has 3 aromatic rings. The SMILES string of the molecule is COC(=O)c1c2c(cc3ccc(C)cc13)CN(Cc1ccccc1)C2=O. The fourth-order valence-corrected chi connectivity index (χ4v) is 3.62. The number of rotatable bonds is 3. The van der Waals surface area contributed by atoms with E-state index < -0.39 is 5.97 Å². The topological polar surface area (TPSA) is 46.6 Å². The molecule has 1 aliphatic rings. The maximum Gasteiger partial charge on any atom is 0.339 e. The number of aryl methyl sites for hydroxylation is 1. The molecule has 0 radical (unpaired) electrons. The van der Waals surface area contributed by atoms with Crippen molar-refractivity contribution < 1.29 is 14.3 Å². The molecule has 0 saturated carbocycles. The van der Waals surface area contributed by atoms with Crippen molar-refractivity contribution >= 4 is 22.6 Å². The van der Waals surface area contributed by atoms with E-state index in [-0.39, 0.29) is 5.91 Å². The Labute approximate surface area is 152 Å². The van der Waals surface area contributed by atoms with Gasteiger partial charge in [-0.05, 0) is 34.9 Å². The van der Waals surface area contributed by atoms with Crippen LogP contribution in [0.25, 0.3) is 10.8 Å². The Hall–Kier alpha value is -3.14. The predicted molar refractivity (Wildman–Crippen MR) is 100 cm³/mol. The summed E-state index contributed by atoms with van der Waals surface area (Å²) in [5.41, 5.74) is 3.83. The van der Waals surface area contributed by atoms with E-state index in [4.69, 9.17) is 4.74 Å². The molecule has 130 valence electrons. The second kappa shape index (κ2) is 6.30. The van der Waals surface area contributed by atoms with Crippen molar-refractivity contribution in [1.29, 1.82) is 0 Å². The second-order valence-corrected chi connectivity index (χ2v) is 6.65. The van der Waals surface area contributed by atoms with Crippen LogP contribution in [0.5, 0.6) is 0 Å². The molecular weight excluding hydrogens is 326 g/mol. The molecule has 0 fully saturated rings. The van der Waals surface area contributed by atoms with E-state index in [1.54, 1.807) is 4.90 Å². The lowest BCUT2D eigenvalue weighted by Gasteiger charge is -2.15. The van der Waals surface area contributed by atoms with Gasteiger partial charge in [0, 0.05) is 13.1 Å². The number of fused-ring (bicyclic) bond motifs is 2. The summed E-state index contributed by atoms with van der Waals surface area (Å²) >= 11 is 0. The number of benzene rings is 3. The lowest BCUT2D eigenvalue weighted by molar-refractivity contribution is 0.0595. The number of esters is 1. The highest BCUT2D eigenvalue weighted by atomic mass is 16.5. The van der Waals surface area contributed by atoms with Crippen molar-refractivity contribution in [3.8, 4) is 0 Å². The minimum atomic E-state index is -0.465. The Morgan fingerprint density at radius 2 is 1.88 bits per heavy atom. The van der Waals surface area contributed by atoms with Gasteiger partial charge in [-0.25, -0.2) is 4.79 Å². The van der Waals surface area contributed by atoms with Crippen LogP contribution in [0.1, 0.15) is 37.4 Å². The van der Waals surface area contributed by atoms with Gasteiger partial charge in [0.15, 0.2) is 0 Å². The monoisotopic (exact) mass is 345 g/mol.